The summed E-state index contributed by atoms with van der Waals surface area (Å²) in [6.45, 7) is 22.8. The molecule has 0 amide bonds. The molecule has 3 rings (SSSR count). The van der Waals surface area contributed by atoms with Crippen molar-refractivity contribution in [3.63, 3.8) is 0 Å². The van der Waals surface area contributed by atoms with Crippen LogP contribution in [-0.4, -0.2) is 4.75 Å². The third kappa shape index (κ3) is 5.44. The molecule has 3 saturated carbocycles. The van der Waals surface area contributed by atoms with Gasteiger partial charge in [-0.2, -0.15) is 12.6 Å². The van der Waals surface area contributed by atoms with Crippen molar-refractivity contribution in [2.24, 2.45) is 71.0 Å². The van der Waals surface area contributed by atoms with Crippen LogP contribution in [0.1, 0.15) is 120 Å². The molecule has 3 fully saturated rings. The fraction of sp³-hybridized carbons (Fsp3) is 1.00. The van der Waals surface area contributed by atoms with Crippen LogP contribution in [0.3, 0.4) is 0 Å². The Balaban J connectivity index is 2.14. The SMILES string of the molecule is CC1CCC(C(C)C)C(C(S)(C2CC(C)CCC2C(C)C)C2CC(C)CCC2C(C)C)C1. The quantitative estimate of drug-likeness (QED) is 0.373. The second kappa shape index (κ2) is 11.0. The molecule has 0 heterocycles. The van der Waals surface area contributed by atoms with Gasteiger partial charge in [-0.25, -0.2) is 0 Å². The van der Waals surface area contributed by atoms with Crippen molar-refractivity contribution in [3.8, 4) is 0 Å². The Hall–Kier alpha value is 0.350. The van der Waals surface area contributed by atoms with Crippen LogP contribution in [0.15, 0.2) is 0 Å². The standard InChI is InChI=1S/C31H58S/c1-19(2)25-13-10-22(7)16-28(25)31(32,29-17-23(8)11-14-26(29)20(3)4)30-18-24(9)12-15-27(30)21(5)6/h19-30,32H,10-18H2,1-9H3. The molecule has 9 atom stereocenters. The van der Waals surface area contributed by atoms with Gasteiger partial charge in [0.1, 0.15) is 0 Å². The summed E-state index contributed by atoms with van der Waals surface area (Å²) in [5, 5.41) is 0. The lowest BCUT2D eigenvalue weighted by Gasteiger charge is -2.61. The molecule has 0 aromatic rings. The Morgan fingerprint density at radius 3 is 0.969 bits per heavy atom. The molecule has 3 aliphatic carbocycles. The average molecular weight is 463 g/mol. The number of thiol groups is 1. The van der Waals surface area contributed by atoms with Crippen molar-refractivity contribution < 1.29 is 0 Å². The van der Waals surface area contributed by atoms with Crippen LogP contribution in [0.2, 0.25) is 0 Å². The molecular formula is C31H58S. The van der Waals surface area contributed by atoms with E-state index in [0.29, 0.717) is 0 Å². The highest BCUT2D eigenvalue weighted by Gasteiger charge is 2.57. The highest BCUT2D eigenvalue weighted by Crippen LogP contribution is 2.62. The molecule has 0 N–H and O–H groups in total. The van der Waals surface area contributed by atoms with Crippen LogP contribution in [-0.2, 0) is 0 Å². The highest BCUT2D eigenvalue weighted by atomic mass is 32.1. The predicted molar refractivity (Wildman–Crippen MR) is 146 cm³/mol. The summed E-state index contributed by atoms with van der Waals surface area (Å²) in [6.07, 6.45) is 12.9. The summed E-state index contributed by atoms with van der Waals surface area (Å²) in [4.78, 5) is 0. The van der Waals surface area contributed by atoms with Crippen molar-refractivity contribution >= 4 is 12.6 Å². The third-order valence-corrected chi connectivity index (χ3v) is 11.8. The molecule has 3 aliphatic rings. The molecule has 0 spiro atoms. The van der Waals surface area contributed by atoms with E-state index < -0.39 is 0 Å². The lowest BCUT2D eigenvalue weighted by Crippen LogP contribution is -2.58. The first kappa shape index (κ1) is 26.9. The molecule has 1 heteroatoms. The minimum absolute atomic E-state index is 0.205. The largest absolute Gasteiger partial charge is 0.172 e. The van der Waals surface area contributed by atoms with E-state index >= 15 is 0 Å². The topological polar surface area (TPSA) is 0 Å². The van der Waals surface area contributed by atoms with Crippen LogP contribution in [0.4, 0.5) is 0 Å². The zero-order valence-corrected chi connectivity index (χ0v) is 24.1. The summed E-state index contributed by atoms with van der Waals surface area (Å²) in [5.41, 5.74) is 0. The first-order valence-electron chi connectivity index (χ1n) is 14.7. The lowest BCUT2D eigenvalue weighted by molar-refractivity contribution is -0.0357. The van der Waals surface area contributed by atoms with Crippen molar-refractivity contribution in [2.75, 3.05) is 0 Å². The van der Waals surface area contributed by atoms with Crippen LogP contribution >= 0.6 is 12.6 Å². The molecule has 188 valence electrons. The molecule has 0 aromatic heterocycles. The van der Waals surface area contributed by atoms with Gasteiger partial charge in [0.05, 0.1) is 0 Å². The lowest BCUT2D eigenvalue weighted by atomic mass is 9.50. The first-order chi connectivity index (χ1) is 15.0. The number of rotatable bonds is 6. The van der Waals surface area contributed by atoms with Crippen molar-refractivity contribution in [2.45, 2.75) is 125 Å². The normalized spacial score (nSPS) is 43.6. The maximum Gasteiger partial charge on any atom is 0.0222 e. The van der Waals surface area contributed by atoms with Gasteiger partial charge in [-0.1, -0.05) is 81.6 Å². The summed E-state index contributed by atoms with van der Waals surface area (Å²) in [6, 6.07) is 0. The third-order valence-electron chi connectivity index (χ3n) is 10.8. The molecule has 0 bridgehead atoms. The Morgan fingerprint density at radius 1 is 0.500 bits per heavy atom. The Kier molecular flexibility index (Phi) is 9.22. The summed E-state index contributed by atoms with van der Waals surface area (Å²) < 4.78 is 0.205. The maximum absolute atomic E-state index is 6.13. The highest BCUT2D eigenvalue weighted by molar-refractivity contribution is 7.81. The summed E-state index contributed by atoms with van der Waals surface area (Å²) >= 11 is 6.13. The molecule has 0 aliphatic heterocycles. The predicted octanol–water partition coefficient (Wildman–Crippen LogP) is 9.78. The minimum Gasteiger partial charge on any atom is -0.172 e. The number of hydrogen-bond acceptors (Lipinski definition) is 1. The molecule has 0 radical (unpaired) electrons. The van der Waals surface area contributed by atoms with Gasteiger partial charge in [-0.3, -0.25) is 0 Å². The van der Waals surface area contributed by atoms with Gasteiger partial charge in [0.25, 0.3) is 0 Å². The van der Waals surface area contributed by atoms with E-state index in [4.69, 9.17) is 12.6 Å². The van der Waals surface area contributed by atoms with Gasteiger partial charge in [-0.05, 0) is 110 Å². The molecule has 0 saturated heterocycles. The van der Waals surface area contributed by atoms with Gasteiger partial charge < -0.3 is 0 Å². The summed E-state index contributed by atoms with van der Waals surface area (Å²) in [7, 11) is 0. The van der Waals surface area contributed by atoms with Gasteiger partial charge >= 0.3 is 0 Å². The van der Waals surface area contributed by atoms with Crippen molar-refractivity contribution in [1.29, 1.82) is 0 Å². The zero-order chi connectivity index (χ0) is 23.8. The minimum atomic E-state index is 0.205. The Morgan fingerprint density at radius 2 is 0.750 bits per heavy atom. The van der Waals surface area contributed by atoms with E-state index in [1.165, 1.54) is 57.8 Å². The Labute approximate surface area is 208 Å². The van der Waals surface area contributed by atoms with E-state index in [1.54, 1.807) is 0 Å². The van der Waals surface area contributed by atoms with Gasteiger partial charge in [0.15, 0.2) is 0 Å². The van der Waals surface area contributed by atoms with E-state index in [9.17, 15) is 0 Å². The van der Waals surface area contributed by atoms with E-state index in [1.807, 2.05) is 0 Å². The van der Waals surface area contributed by atoms with Crippen LogP contribution in [0, 0.1) is 71.0 Å². The number of hydrogen-bond donors (Lipinski definition) is 1. The molecule has 0 aromatic carbocycles. The monoisotopic (exact) mass is 462 g/mol. The maximum atomic E-state index is 6.13. The molecule has 9 unspecified atom stereocenters. The van der Waals surface area contributed by atoms with Crippen LogP contribution in [0.25, 0.3) is 0 Å². The molecule has 32 heavy (non-hydrogen) atoms. The van der Waals surface area contributed by atoms with E-state index in [-0.39, 0.29) is 4.75 Å². The van der Waals surface area contributed by atoms with Gasteiger partial charge in [0, 0.05) is 4.75 Å². The second-order valence-electron chi connectivity index (χ2n) is 14.2. The fourth-order valence-electron chi connectivity index (χ4n) is 9.03. The van der Waals surface area contributed by atoms with Crippen LogP contribution in [0.5, 0.6) is 0 Å². The van der Waals surface area contributed by atoms with E-state index in [0.717, 1.165) is 71.0 Å². The summed E-state index contributed by atoms with van der Waals surface area (Å²) in [5.74, 6) is 9.95. The Bertz CT molecular complexity index is 498. The molecular weight excluding hydrogens is 404 g/mol. The van der Waals surface area contributed by atoms with Gasteiger partial charge in [-0.15, -0.1) is 0 Å². The molecule has 0 nitrogen and oxygen atoms in total. The van der Waals surface area contributed by atoms with E-state index in [2.05, 4.69) is 62.3 Å². The van der Waals surface area contributed by atoms with Gasteiger partial charge in [0.2, 0.25) is 0 Å². The zero-order valence-electron chi connectivity index (χ0n) is 23.2. The second-order valence-corrected chi connectivity index (χ2v) is 15.0. The van der Waals surface area contributed by atoms with Crippen molar-refractivity contribution in [1.82, 2.24) is 0 Å². The van der Waals surface area contributed by atoms with Crippen LogP contribution < -0.4 is 0 Å². The van der Waals surface area contributed by atoms with Crippen molar-refractivity contribution in [3.05, 3.63) is 0 Å². The smallest absolute Gasteiger partial charge is 0.0222 e. The fourth-order valence-corrected chi connectivity index (χ4v) is 9.92. The first-order valence-corrected chi connectivity index (χ1v) is 15.1. The average Bonchev–Trinajstić information content (AvgIpc) is 2.72.